The molecule has 2 aromatic heterocycles. The van der Waals surface area contributed by atoms with Crippen molar-refractivity contribution in [2.45, 2.75) is 44.9 Å². The van der Waals surface area contributed by atoms with Crippen molar-refractivity contribution in [2.75, 3.05) is 13.1 Å². The molecule has 7 heteroatoms. The van der Waals surface area contributed by atoms with Gasteiger partial charge in [-0.05, 0) is 37.0 Å². The zero-order valence-electron chi connectivity index (χ0n) is 17.5. The topological polar surface area (TPSA) is 64.2 Å². The molecule has 1 aromatic carbocycles. The highest BCUT2D eigenvalue weighted by atomic mass is 35.5. The fourth-order valence-electron chi connectivity index (χ4n) is 4.05. The minimum absolute atomic E-state index is 0.0277. The lowest BCUT2D eigenvalue weighted by Gasteiger charge is -2.31. The highest BCUT2D eigenvalue weighted by Crippen LogP contribution is 2.29. The third kappa shape index (κ3) is 4.43. The van der Waals surface area contributed by atoms with Crippen LogP contribution in [0.3, 0.4) is 0 Å². The predicted molar refractivity (Wildman–Crippen MR) is 116 cm³/mol. The Hall–Kier alpha value is -2.60. The van der Waals surface area contributed by atoms with Crippen molar-refractivity contribution >= 4 is 17.5 Å². The van der Waals surface area contributed by atoms with Gasteiger partial charge >= 0.3 is 0 Å². The number of hydrogen-bond acceptors (Lipinski definition) is 4. The first-order valence-electron chi connectivity index (χ1n) is 10.5. The second-order valence-electron chi connectivity index (χ2n) is 7.92. The maximum Gasteiger partial charge on any atom is 0.272 e. The number of amides is 1. The predicted octanol–water partition coefficient (Wildman–Crippen LogP) is 4.62. The second kappa shape index (κ2) is 9.04. The average Bonchev–Trinajstić information content (AvgIpc) is 3.36. The van der Waals surface area contributed by atoms with Gasteiger partial charge in [-0.3, -0.25) is 9.48 Å². The molecule has 158 valence electrons. The molecule has 1 amide bonds. The summed E-state index contributed by atoms with van der Waals surface area (Å²) in [5.41, 5.74) is 2.63. The van der Waals surface area contributed by atoms with E-state index in [1.807, 2.05) is 42.3 Å². The van der Waals surface area contributed by atoms with Gasteiger partial charge in [0.15, 0.2) is 5.89 Å². The SMILES string of the molecule is CCCc1cc(C(=O)N2CCC[C@H](c3ncc(Cc4ccccc4Cl)o3)C2)n(C)n1. The summed E-state index contributed by atoms with van der Waals surface area (Å²) in [4.78, 5) is 19.5. The van der Waals surface area contributed by atoms with E-state index in [1.54, 1.807) is 10.9 Å². The number of carbonyl (C=O) groups is 1. The largest absolute Gasteiger partial charge is 0.445 e. The van der Waals surface area contributed by atoms with Gasteiger partial charge in [0.05, 0.1) is 17.8 Å². The lowest BCUT2D eigenvalue weighted by atomic mass is 9.97. The number of nitrogens with zero attached hydrogens (tertiary/aromatic N) is 4. The molecule has 0 N–H and O–H groups in total. The molecule has 30 heavy (non-hydrogen) atoms. The summed E-state index contributed by atoms with van der Waals surface area (Å²) in [6.07, 6.45) is 6.17. The van der Waals surface area contributed by atoms with E-state index in [2.05, 4.69) is 17.0 Å². The molecule has 1 aliphatic heterocycles. The molecule has 6 nitrogen and oxygen atoms in total. The number of benzene rings is 1. The molecule has 0 radical (unpaired) electrons. The zero-order valence-corrected chi connectivity index (χ0v) is 18.2. The third-order valence-corrected chi connectivity index (χ3v) is 5.98. The van der Waals surface area contributed by atoms with Crippen molar-refractivity contribution in [3.05, 3.63) is 70.2 Å². The lowest BCUT2D eigenvalue weighted by molar-refractivity contribution is 0.0686. The number of likely N-dealkylation sites (tertiary alicyclic amines) is 1. The fourth-order valence-corrected chi connectivity index (χ4v) is 4.26. The molecular weight excluding hydrogens is 400 g/mol. The van der Waals surface area contributed by atoms with E-state index in [9.17, 15) is 4.79 Å². The van der Waals surface area contributed by atoms with Crippen molar-refractivity contribution in [2.24, 2.45) is 7.05 Å². The molecule has 0 spiro atoms. The van der Waals surface area contributed by atoms with Crippen LogP contribution in [-0.4, -0.2) is 38.7 Å². The van der Waals surface area contributed by atoms with Gasteiger partial charge in [0.1, 0.15) is 11.5 Å². The molecular formula is C23H27ClN4O2. The fraction of sp³-hybridized carbons (Fsp3) is 0.435. The average molecular weight is 427 g/mol. The van der Waals surface area contributed by atoms with Crippen molar-refractivity contribution in [1.29, 1.82) is 0 Å². The van der Waals surface area contributed by atoms with E-state index in [0.717, 1.165) is 54.3 Å². The maximum atomic E-state index is 13.1. The maximum absolute atomic E-state index is 13.1. The van der Waals surface area contributed by atoms with Crippen LogP contribution < -0.4 is 0 Å². The van der Waals surface area contributed by atoms with Crippen molar-refractivity contribution in [3.63, 3.8) is 0 Å². The van der Waals surface area contributed by atoms with Gasteiger partial charge in [-0.25, -0.2) is 4.98 Å². The summed E-state index contributed by atoms with van der Waals surface area (Å²) in [6.45, 7) is 3.47. The molecule has 4 rings (SSSR count). The van der Waals surface area contributed by atoms with E-state index in [1.165, 1.54) is 0 Å². The zero-order chi connectivity index (χ0) is 21.1. The van der Waals surface area contributed by atoms with Gasteiger partial charge in [0.2, 0.25) is 0 Å². The van der Waals surface area contributed by atoms with E-state index >= 15 is 0 Å². The van der Waals surface area contributed by atoms with Gasteiger partial charge in [-0.15, -0.1) is 0 Å². The van der Waals surface area contributed by atoms with Crippen LogP contribution in [0.15, 0.2) is 40.9 Å². The van der Waals surface area contributed by atoms with Crippen LogP contribution in [0.5, 0.6) is 0 Å². The van der Waals surface area contributed by atoms with Crippen LogP contribution >= 0.6 is 11.6 Å². The quantitative estimate of drug-likeness (QED) is 0.576. The molecule has 1 saturated heterocycles. The third-order valence-electron chi connectivity index (χ3n) is 5.61. The monoisotopic (exact) mass is 426 g/mol. The number of piperidine rings is 1. The second-order valence-corrected chi connectivity index (χ2v) is 8.33. The summed E-state index contributed by atoms with van der Waals surface area (Å²) < 4.78 is 7.75. The van der Waals surface area contributed by atoms with Crippen molar-refractivity contribution in [3.8, 4) is 0 Å². The Morgan fingerprint density at radius 3 is 2.97 bits per heavy atom. The highest BCUT2D eigenvalue weighted by Gasteiger charge is 2.29. The summed E-state index contributed by atoms with van der Waals surface area (Å²) in [5.74, 6) is 1.62. The summed E-state index contributed by atoms with van der Waals surface area (Å²) in [7, 11) is 1.84. The Bertz CT molecular complexity index is 1030. The molecule has 0 saturated carbocycles. The number of aryl methyl sites for hydroxylation is 2. The number of halogens is 1. The molecule has 3 heterocycles. The minimum Gasteiger partial charge on any atom is -0.445 e. The van der Waals surface area contributed by atoms with Crippen LogP contribution in [0.2, 0.25) is 5.02 Å². The Morgan fingerprint density at radius 1 is 1.33 bits per heavy atom. The van der Waals surface area contributed by atoms with Crippen molar-refractivity contribution < 1.29 is 9.21 Å². The Kier molecular flexibility index (Phi) is 6.23. The van der Waals surface area contributed by atoms with Gasteiger partial charge in [-0.1, -0.05) is 43.1 Å². The molecule has 3 aromatic rings. The summed E-state index contributed by atoms with van der Waals surface area (Å²) in [5, 5.41) is 5.20. The van der Waals surface area contributed by atoms with E-state index < -0.39 is 0 Å². The van der Waals surface area contributed by atoms with Crippen LogP contribution in [0, 0.1) is 0 Å². The van der Waals surface area contributed by atoms with Gasteiger partial charge in [0, 0.05) is 31.6 Å². The first-order chi connectivity index (χ1) is 14.5. The molecule has 1 aliphatic rings. The Morgan fingerprint density at radius 2 is 2.17 bits per heavy atom. The summed E-state index contributed by atoms with van der Waals surface area (Å²) in [6, 6.07) is 9.67. The summed E-state index contributed by atoms with van der Waals surface area (Å²) >= 11 is 6.26. The van der Waals surface area contributed by atoms with Crippen LogP contribution in [0.25, 0.3) is 0 Å². The van der Waals surface area contributed by atoms with Gasteiger partial charge in [0.25, 0.3) is 5.91 Å². The van der Waals surface area contributed by atoms with Gasteiger partial charge in [-0.2, -0.15) is 5.10 Å². The molecule has 1 fully saturated rings. The Labute approximate surface area is 181 Å². The smallest absolute Gasteiger partial charge is 0.272 e. The van der Waals surface area contributed by atoms with Crippen LogP contribution in [0.4, 0.5) is 0 Å². The number of aromatic nitrogens is 3. The number of rotatable bonds is 6. The van der Waals surface area contributed by atoms with E-state index in [0.29, 0.717) is 24.6 Å². The minimum atomic E-state index is 0.0277. The van der Waals surface area contributed by atoms with Gasteiger partial charge < -0.3 is 9.32 Å². The normalized spacial score (nSPS) is 16.8. The van der Waals surface area contributed by atoms with E-state index in [-0.39, 0.29) is 11.8 Å². The highest BCUT2D eigenvalue weighted by molar-refractivity contribution is 6.31. The number of carbonyl (C=O) groups excluding carboxylic acids is 1. The number of hydrogen-bond donors (Lipinski definition) is 0. The Balaban J connectivity index is 1.45. The molecule has 0 aliphatic carbocycles. The molecule has 0 bridgehead atoms. The van der Waals surface area contributed by atoms with Crippen LogP contribution in [0.1, 0.15) is 65.5 Å². The first kappa shape index (κ1) is 20.7. The van der Waals surface area contributed by atoms with E-state index in [4.69, 9.17) is 16.0 Å². The standard InChI is InChI=1S/C23H27ClN4O2/c1-3-7-18-13-21(27(2)26-18)23(29)28-11-6-9-17(15-28)22-25-14-19(30-22)12-16-8-4-5-10-20(16)24/h4-5,8,10,13-14,17H,3,6-7,9,11-12,15H2,1-2H3/t17-/m0/s1. The molecule has 0 unspecified atom stereocenters. The lowest BCUT2D eigenvalue weighted by Crippen LogP contribution is -2.40. The molecule has 1 atom stereocenters. The van der Waals surface area contributed by atoms with Crippen molar-refractivity contribution in [1.82, 2.24) is 19.7 Å². The first-order valence-corrected chi connectivity index (χ1v) is 10.9. The number of oxazole rings is 1. The van der Waals surface area contributed by atoms with Crippen LogP contribution in [-0.2, 0) is 19.9 Å².